The third kappa shape index (κ3) is 3.47. The molecular formula is C9F16O4. The summed E-state index contributed by atoms with van der Waals surface area (Å²) in [6, 6.07) is -12.0. The van der Waals surface area contributed by atoms with E-state index >= 15 is 0 Å². The molecule has 4 unspecified atom stereocenters. The van der Waals surface area contributed by atoms with E-state index in [0.29, 0.717) is 0 Å². The minimum atomic E-state index is -7.52. The zero-order valence-electron chi connectivity index (χ0n) is 12.2. The summed E-state index contributed by atoms with van der Waals surface area (Å²) in [5, 5.41) is 0. The maximum atomic E-state index is 14.1. The van der Waals surface area contributed by atoms with E-state index in [1.165, 1.54) is 0 Å². The molecule has 29 heavy (non-hydrogen) atoms. The first-order valence-electron chi connectivity index (χ1n) is 5.95. The van der Waals surface area contributed by atoms with Crippen molar-refractivity contribution in [1.29, 1.82) is 0 Å². The molecular weight excluding hydrogens is 476 g/mol. The average molecular weight is 476 g/mol. The first-order valence-corrected chi connectivity index (χ1v) is 5.95. The van der Waals surface area contributed by atoms with Gasteiger partial charge in [-0.1, -0.05) is 0 Å². The van der Waals surface area contributed by atoms with Gasteiger partial charge in [-0.15, -0.1) is 0 Å². The van der Waals surface area contributed by atoms with Gasteiger partial charge in [-0.3, -0.25) is 19.0 Å². The summed E-state index contributed by atoms with van der Waals surface area (Å²) in [7, 11) is 0. The fourth-order valence-corrected chi connectivity index (χ4v) is 1.54. The van der Waals surface area contributed by atoms with Gasteiger partial charge in [0.2, 0.25) is 0 Å². The van der Waals surface area contributed by atoms with E-state index in [1.54, 1.807) is 4.74 Å². The van der Waals surface area contributed by atoms with Crippen LogP contribution in [0.2, 0.25) is 0 Å². The van der Waals surface area contributed by atoms with Crippen molar-refractivity contribution in [3.63, 3.8) is 0 Å². The van der Waals surface area contributed by atoms with Crippen LogP contribution >= 0.6 is 0 Å². The molecule has 1 heterocycles. The van der Waals surface area contributed by atoms with Crippen molar-refractivity contribution < 1.29 is 89.3 Å². The first-order chi connectivity index (χ1) is 12.3. The fourth-order valence-electron chi connectivity index (χ4n) is 1.54. The number of hydrogen-bond donors (Lipinski definition) is 0. The van der Waals surface area contributed by atoms with Crippen LogP contribution in [0, 0.1) is 0 Å². The van der Waals surface area contributed by atoms with Crippen LogP contribution < -0.4 is 0 Å². The van der Waals surface area contributed by atoms with Gasteiger partial charge in [0.05, 0.1) is 0 Å². The predicted octanol–water partition coefficient (Wildman–Crippen LogP) is 4.45. The highest BCUT2D eigenvalue weighted by Gasteiger charge is 2.92. The monoisotopic (exact) mass is 476 g/mol. The van der Waals surface area contributed by atoms with E-state index in [1.807, 2.05) is 9.47 Å². The maximum absolute atomic E-state index is 14.1. The van der Waals surface area contributed by atoms with Gasteiger partial charge < -0.3 is 0 Å². The Bertz CT molecular complexity index is 669. The van der Waals surface area contributed by atoms with Crippen molar-refractivity contribution in [2.75, 3.05) is 0 Å². The van der Waals surface area contributed by atoms with Crippen LogP contribution in [0.4, 0.5) is 70.2 Å². The molecule has 1 aliphatic rings. The molecule has 0 spiro atoms. The zero-order chi connectivity index (χ0) is 23.7. The number of alkyl halides is 15. The highest BCUT2D eigenvalue weighted by molar-refractivity contribution is 5.77. The van der Waals surface area contributed by atoms with Gasteiger partial charge in [-0.05, 0) is 0 Å². The van der Waals surface area contributed by atoms with E-state index in [0.717, 1.165) is 0 Å². The second kappa shape index (κ2) is 6.22. The van der Waals surface area contributed by atoms with Gasteiger partial charge in [0.1, 0.15) is 0 Å². The molecule has 0 N–H and O–H groups in total. The molecule has 1 saturated heterocycles. The highest BCUT2D eigenvalue weighted by Crippen LogP contribution is 2.62. The Labute approximate surface area is 145 Å². The van der Waals surface area contributed by atoms with E-state index < -0.39 is 54.3 Å². The minimum absolute atomic E-state index is 1.71. The molecule has 0 saturated carbocycles. The van der Waals surface area contributed by atoms with Crippen LogP contribution in [0.25, 0.3) is 0 Å². The fraction of sp³-hybridized carbons (Fsp3) is 0.889. The summed E-state index contributed by atoms with van der Waals surface area (Å²) in [5.74, 6) is -21.7. The SMILES string of the molecule is O=C(F)C(F)(OC1(F)OC(F)(C(F)(F)F)C(F)(F)OC1(F)C(F)(F)F)C(F)(F)F. The van der Waals surface area contributed by atoms with Gasteiger partial charge in [0.15, 0.2) is 0 Å². The average Bonchev–Trinajstić information content (AvgIpc) is 2.40. The molecule has 0 aromatic rings. The Balaban J connectivity index is 3.82. The highest BCUT2D eigenvalue weighted by atomic mass is 19.4. The van der Waals surface area contributed by atoms with E-state index in [2.05, 4.69) is 0 Å². The van der Waals surface area contributed by atoms with Crippen molar-refractivity contribution in [2.24, 2.45) is 0 Å². The summed E-state index contributed by atoms with van der Waals surface area (Å²) in [4.78, 5) is 10.1. The maximum Gasteiger partial charge on any atom is 0.459 e. The Morgan fingerprint density at radius 1 is 0.690 bits per heavy atom. The summed E-state index contributed by atoms with van der Waals surface area (Å²) in [5.41, 5.74) is 0. The van der Waals surface area contributed by atoms with E-state index in [9.17, 15) is 75.0 Å². The second-order valence-corrected chi connectivity index (χ2v) is 4.91. The zero-order valence-corrected chi connectivity index (χ0v) is 12.2. The third-order valence-electron chi connectivity index (χ3n) is 2.92. The number of carbonyl (C=O) groups is 1. The topological polar surface area (TPSA) is 44.8 Å². The number of ether oxygens (including phenoxy) is 3. The lowest BCUT2D eigenvalue weighted by atomic mass is 10.1. The number of halogens is 16. The Morgan fingerprint density at radius 2 is 1.07 bits per heavy atom. The van der Waals surface area contributed by atoms with Gasteiger partial charge in [-0.25, -0.2) is 0 Å². The predicted molar refractivity (Wildman–Crippen MR) is 47.8 cm³/mol. The quantitative estimate of drug-likeness (QED) is 0.447. The summed E-state index contributed by atoms with van der Waals surface area (Å²) in [6.07, 6.45) is -29.5. The van der Waals surface area contributed by atoms with Crippen molar-refractivity contribution in [3.8, 4) is 0 Å². The molecule has 0 aromatic carbocycles. The molecule has 0 bridgehead atoms. The lowest BCUT2D eigenvalue weighted by molar-refractivity contribution is -0.645. The summed E-state index contributed by atoms with van der Waals surface area (Å²) in [6.45, 7) is 0. The van der Waals surface area contributed by atoms with E-state index in [-0.39, 0.29) is 0 Å². The molecule has 1 rings (SSSR count). The lowest BCUT2D eigenvalue weighted by Gasteiger charge is -2.50. The molecule has 0 amide bonds. The molecule has 1 fully saturated rings. The Kier molecular flexibility index (Phi) is 5.46. The van der Waals surface area contributed by atoms with E-state index in [4.69, 9.17) is 0 Å². The Morgan fingerprint density at radius 3 is 1.34 bits per heavy atom. The second-order valence-electron chi connectivity index (χ2n) is 4.91. The van der Waals surface area contributed by atoms with Gasteiger partial charge in [0, 0.05) is 0 Å². The van der Waals surface area contributed by atoms with Crippen LogP contribution in [-0.4, -0.2) is 54.3 Å². The normalized spacial score (nSPS) is 35.9. The van der Waals surface area contributed by atoms with Crippen molar-refractivity contribution in [3.05, 3.63) is 0 Å². The van der Waals surface area contributed by atoms with Crippen LogP contribution in [0.15, 0.2) is 0 Å². The first kappa shape index (κ1) is 25.5. The molecule has 0 aliphatic carbocycles. The summed E-state index contributed by atoms with van der Waals surface area (Å²) < 4.78 is 210. The van der Waals surface area contributed by atoms with Crippen LogP contribution in [-0.2, 0) is 19.0 Å². The van der Waals surface area contributed by atoms with Crippen LogP contribution in [0.1, 0.15) is 0 Å². The Hall–Kier alpha value is -1.57. The molecule has 4 nitrogen and oxygen atoms in total. The molecule has 4 atom stereocenters. The van der Waals surface area contributed by atoms with Gasteiger partial charge in [-0.2, -0.15) is 70.2 Å². The number of carbonyl (C=O) groups excluding carboxylic acids is 1. The third-order valence-corrected chi connectivity index (χ3v) is 2.92. The van der Waals surface area contributed by atoms with Gasteiger partial charge in [0.25, 0.3) is 0 Å². The number of rotatable bonds is 3. The van der Waals surface area contributed by atoms with Gasteiger partial charge >= 0.3 is 54.3 Å². The lowest BCUT2D eigenvalue weighted by Crippen LogP contribution is -2.78. The largest absolute Gasteiger partial charge is 0.459 e. The molecule has 0 radical (unpaired) electrons. The molecule has 172 valence electrons. The van der Waals surface area contributed by atoms with Crippen molar-refractivity contribution >= 4 is 6.04 Å². The van der Waals surface area contributed by atoms with Crippen LogP contribution in [0.3, 0.4) is 0 Å². The minimum Gasteiger partial charge on any atom is -0.266 e. The smallest absolute Gasteiger partial charge is 0.266 e. The molecule has 1 aliphatic heterocycles. The summed E-state index contributed by atoms with van der Waals surface area (Å²) >= 11 is 0. The molecule has 20 heteroatoms. The molecule has 0 aromatic heterocycles. The number of hydrogen-bond acceptors (Lipinski definition) is 4. The van der Waals surface area contributed by atoms with Crippen LogP contribution in [0.5, 0.6) is 0 Å². The van der Waals surface area contributed by atoms with Crippen molar-refractivity contribution in [2.45, 2.75) is 48.2 Å². The van der Waals surface area contributed by atoms with Crippen molar-refractivity contribution in [1.82, 2.24) is 0 Å². The standard InChI is InChI=1S/C9F16O4/c10-1(26)2(11,5(14,15)16)27-9(25)4(13,7(20,21)22)28-8(23,24)3(12,29-9)6(17,18)19.